The molecule has 17 heavy (non-hydrogen) atoms. The van der Waals surface area contributed by atoms with Gasteiger partial charge < -0.3 is 5.32 Å². The summed E-state index contributed by atoms with van der Waals surface area (Å²) in [5, 5.41) is 3.38. The van der Waals surface area contributed by atoms with Gasteiger partial charge in [0.25, 0.3) is 0 Å². The minimum absolute atomic E-state index is 0.192. The summed E-state index contributed by atoms with van der Waals surface area (Å²) in [5.41, 5.74) is 0. The Bertz CT molecular complexity index is 283. The fourth-order valence-corrected chi connectivity index (χ4v) is 3.32. The molecule has 4 nitrogen and oxygen atoms in total. The van der Waals surface area contributed by atoms with Crippen LogP contribution in [0.25, 0.3) is 0 Å². The van der Waals surface area contributed by atoms with Crippen molar-refractivity contribution >= 4 is 10.0 Å². The molecule has 0 bridgehead atoms. The highest BCUT2D eigenvalue weighted by Crippen LogP contribution is 2.16. The van der Waals surface area contributed by atoms with Crippen molar-refractivity contribution in [1.82, 2.24) is 10.0 Å². The molecule has 0 radical (unpaired) electrons. The molecular weight excluding hydrogens is 236 g/mol. The van der Waals surface area contributed by atoms with Gasteiger partial charge in [0.1, 0.15) is 0 Å². The van der Waals surface area contributed by atoms with Gasteiger partial charge >= 0.3 is 0 Å². The maximum Gasteiger partial charge on any atom is 0.212 e. The third-order valence-electron chi connectivity index (χ3n) is 3.27. The Morgan fingerprint density at radius 3 is 2.24 bits per heavy atom. The van der Waals surface area contributed by atoms with Crippen molar-refractivity contribution in [1.29, 1.82) is 0 Å². The molecule has 5 heteroatoms. The second-order valence-corrected chi connectivity index (χ2v) is 6.74. The van der Waals surface area contributed by atoms with Crippen LogP contribution in [0, 0.1) is 0 Å². The van der Waals surface area contributed by atoms with Crippen molar-refractivity contribution in [2.24, 2.45) is 0 Å². The molecule has 0 aliphatic heterocycles. The molecule has 1 aliphatic carbocycles. The fraction of sp³-hybridized carbons (Fsp3) is 1.00. The van der Waals surface area contributed by atoms with Gasteiger partial charge in [-0.25, -0.2) is 13.1 Å². The molecule has 0 spiro atoms. The third-order valence-corrected chi connectivity index (χ3v) is 4.74. The Labute approximate surface area is 106 Å². The lowest BCUT2D eigenvalue weighted by Crippen LogP contribution is -2.36. The minimum atomic E-state index is -3.06. The summed E-state index contributed by atoms with van der Waals surface area (Å²) >= 11 is 0. The topological polar surface area (TPSA) is 58.2 Å². The summed E-state index contributed by atoms with van der Waals surface area (Å²) in [6.45, 7) is 2.85. The molecule has 1 aliphatic rings. The first-order valence-corrected chi connectivity index (χ1v) is 8.50. The Morgan fingerprint density at radius 2 is 1.65 bits per heavy atom. The molecule has 0 saturated heterocycles. The molecule has 1 fully saturated rings. The van der Waals surface area contributed by atoms with Gasteiger partial charge in [0.2, 0.25) is 10.0 Å². The van der Waals surface area contributed by atoms with Crippen molar-refractivity contribution < 1.29 is 8.42 Å². The maximum atomic E-state index is 11.4. The number of hydrogen-bond acceptors (Lipinski definition) is 3. The molecule has 0 unspecified atom stereocenters. The lowest BCUT2D eigenvalue weighted by atomic mass is 9.97. The SMILES string of the molecule is CCNS(=O)(=O)CCNC1CCCCCCC1. The van der Waals surface area contributed by atoms with Crippen LogP contribution in [0.15, 0.2) is 0 Å². The smallest absolute Gasteiger partial charge is 0.212 e. The van der Waals surface area contributed by atoms with E-state index in [1.807, 2.05) is 0 Å². The van der Waals surface area contributed by atoms with Gasteiger partial charge in [-0.15, -0.1) is 0 Å². The van der Waals surface area contributed by atoms with Gasteiger partial charge in [0.15, 0.2) is 0 Å². The van der Waals surface area contributed by atoms with E-state index in [0.29, 0.717) is 19.1 Å². The zero-order valence-electron chi connectivity index (χ0n) is 10.9. The van der Waals surface area contributed by atoms with Crippen LogP contribution in [-0.4, -0.2) is 33.3 Å². The van der Waals surface area contributed by atoms with Crippen LogP contribution >= 0.6 is 0 Å². The van der Waals surface area contributed by atoms with Gasteiger partial charge in [-0.05, 0) is 12.8 Å². The highest BCUT2D eigenvalue weighted by Gasteiger charge is 2.13. The summed E-state index contributed by atoms with van der Waals surface area (Å²) in [4.78, 5) is 0. The van der Waals surface area contributed by atoms with Crippen molar-refractivity contribution in [2.75, 3.05) is 18.8 Å². The van der Waals surface area contributed by atoms with E-state index in [1.54, 1.807) is 6.92 Å². The maximum absolute atomic E-state index is 11.4. The van der Waals surface area contributed by atoms with Gasteiger partial charge in [0.05, 0.1) is 5.75 Å². The monoisotopic (exact) mass is 262 g/mol. The van der Waals surface area contributed by atoms with Crippen molar-refractivity contribution in [3.63, 3.8) is 0 Å². The van der Waals surface area contributed by atoms with E-state index in [2.05, 4.69) is 10.0 Å². The van der Waals surface area contributed by atoms with Crippen LogP contribution in [0.4, 0.5) is 0 Å². The first-order chi connectivity index (χ1) is 8.14. The van der Waals surface area contributed by atoms with Gasteiger partial charge in [-0.3, -0.25) is 0 Å². The predicted octanol–water partition coefficient (Wildman–Crippen LogP) is 1.63. The Hall–Kier alpha value is -0.130. The van der Waals surface area contributed by atoms with E-state index in [1.165, 1.54) is 44.9 Å². The van der Waals surface area contributed by atoms with E-state index in [9.17, 15) is 8.42 Å². The van der Waals surface area contributed by atoms with Crippen molar-refractivity contribution in [3.05, 3.63) is 0 Å². The summed E-state index contributed by atoms with van der Waals surface area (Å²) < 4.78 is 25.4. The largest absolute Gasteiger partial charge is 0.313 e. The van der Waals surface area contributed by atoms with Crippen LogP contribution in [0.1, 0.15) is 51.9 Å². The predicted molar refractivity (Wildman–Crippen MR) is 71.6 cm³/mol. The van der Waals surface area contributed by atoms with Gasteiger partial charge in [-0.1, -0.05) is 39.0 Å². The minimum Gasteiger partial charge on any atom is -0.313 e. The molecule has 1 rings (SSSR count). The first kappa shape index (κ1) is 14.9. The lowest BCUT2D eigenvalue weighted by molar-refractivity contribution is 0.396. The van der Waals surface area contributed by atoms with E-state index >= 15 is 0 Å². The molecule has 0 amide bonds. The lowest BCUT2D eigenvalue weighted by Gasteiger charge is -2.21. The van der Waals surface area contributed by atoms with Gasteiger partial charge in [0, 0.05) is 19.1 Å². The van der Waals surface area contributed by atoms with Crippen LogP contribution in [0.2, 0.25) is 0 Å². The van der Waals surface area contributed by atoms with Crippen LogP contribution < -0.4 is 10.0 Å². The highest BCUT2D eigenvalue weighted by molar-refractivity contribution is 7.89. The first-order valence-electron chi connectivity index (χ1n) is 6.85. The molecular formula is C12H26N2O2S. The normalized spacial score (nSPS) is 19.8. The average molecular weight is 262 g/mol. The summed E-state index contributed by atoms with van der Waals surface area (Å²) in [7, 11) is -3.06. The Balaban J connectivity index is 2.20. The molecule has 0 atom stereocenters. The molecule has 102 valence electrons. The third kappa shape index (κ3) is 7.01. The van der Waals surface area contributed by atoms with Crippen LogP contribution in [0.5, 0.6) is 0 Å². The number of hydrogen-bond donors (Lipinski definition) is 2. The summed E-state index contributed by atoms with van der Waals surface area (Å²) in [5.74, 6) is 0.192. The van der Waals surface area contributed by atoms with E-state index in [-0.39, 0.29) is 5.75 Å². The number of nitrogens with one attached hydrogen (secondary N) is 2. The molecule has 0 aromatic heterocycles. The van der Waals surface area contributed by atoms with Crippen molar-refractivity contribution in [2.45, 2.75) is 57.9 Å². The second kappa shape index (κ2) is 8.06. The standard InChI is InChI=1S/C12H26N2O2S/c1-2-14-17(15,16)11-10-13-12-8-6-4-3-5-7-9-12/h12-14H,2-11H2,1H3. The van der Waals surface area contributed by atoms with Crippen LogP contribution in [0.3, 0.4) is 0 Å². The van der Waals surface area contributed by atoms with Gasteiger partial charge in [-0.2, -0.15) is 0 Å². The molecule has 2 N–H and O–H groups in total. The molecule has 0 aromatic rings. The fourth-order valence-electron chi connectivity index (χ4n) is 2.35. The Morgan fingerprint density at radius 1 is 1.06 bits per heavy atom. The molecule has 1 saturated carbocycles. The zero-order valence-corrected chi connectivity index (χ0v) is 11.7. The summed E-state index contributed by atoms with van der Waals surface area (Å²) in [6, 6.07) is 0.520. The summed E-state index contributed by atoms with van der Waals surface area (Å²) in [6.07, 6.45) is 8.96. The van der Waals surface area contributed by atoms with Crippen molar-refractivity contribution in [3.8, 4) is 0 Å². The van der Waals surface area contributed by atoms with Crippen LogP contribution in [-0.2, 0) is 10.0 Å². The zero-order chi connectivity index (χ0) is 12.6. The highest BCUT2D eigenvalue weighted by atomic mass is 32.2. The van der Waals surface area contributed by atoms with E-state index in [4.69, 9.17) is 0 Å². The average Bonchev–Trinajstić information content (AvgIpc) is 2.20. The van der Waals surface area contributed by atoms with E-state index < -0.39 is 10.0 Å². The molecule has 0 aromatic carbocycles. The quantitative estimate of drug-likeness (QED) is 0.765. The Kier molecular flexibility index (Phi) is 7.08. The number of rotatable bonds is 6. The molecule has 0 heterocycles. The van der Waals surface area contributed by atoms with E-state index in [0.717, 1.165) is 0 Å². The second-order valence-electron chi connectivity index (χ2n) is 4.81. The number of sulfonamides is 1.